The lowest BCUT2D eigenvalue weighted by atomic mass is 10.0. The molecule has 0 saturated carbocycles. The minimum Gasteiger partial charge on any atom is -0.462 e. The van der Waals surface area contributed by atoms with Crippen molar-refractivity contribution < 1.29 is 23.5 Å². The van der Waals surface area contributed by atoms with E-state index in [1.165, 1.54) is 19.1 Å². The molecule has 2 rings (SSSR count). The van der Waals surface area contributed by atoms with Gasteiger partial charge in [-0.25, -0.2) is 14.0 Å². The Morgan fingerprint density at radius 3 is 2.15 bits per heavy atom. The fraction of sp³-hybridized carbons (Fsp3) is 0.182. The predicted octanol–water partition coefficient (Wildman–Crippen LogP) is 4.64. The van der Waals surface area contributed by atoms with Gasteiger partial charge in [-0.15, -0.1) is 0 Å². The van der Waals surface area contributed by atoms with Crippen molar-refractivity contribution in [2.24, 2.45) is 0 Å². The summed E-state index contributed by atoms with van der Waals surface area (Å²) >= 11 is 0. The number of rotatable bonds is 7. The molecule has 2 aromatic carbocycles. The number of hydrogen-bond donors (Lipinski definition) is 0. The Bertz CT molecular complexity index is 882. The van der Waals surface area contributed by atoms with Crippen molar-refractivity contribution in [2.75, 3.05) is 6.61 Å². The third kappa shape index (κ3) is 5.64. The molecule has 0 saturated heterocycles. The first-order valence-corrected chi connectivity index (χ1v) is 8.37. The third-order valence-electron chi connectivity index (χ3n) is 3.74. The molecule has 0 heterocycles. The molecule has 0 atom stereocenters. The molecule has 0 amide bonds. The van der Waals surface area contributed by atoms with Crippen LogP contribution in [-0.2, 0) is 20.7 Å². The van der Waals surface area contributed by atoms with Gasteiger partial charge in [-0.2, -0.15) is 0 Å². The average molecular weight is 368 g/mol. The van der Waals surface area contributed by atoms with E-state index < -0.39 is 17.8 Å². The SMILES string of the molecule is C=C(C)C(=O)OCCc1ccc(-c2ccc(OC(=O)C(=C)C)cc2F)cc1. The van der Waals surface area contributed by atoms with E-state index in [1.54, 1.807) is 25.1 Å². The lowest BCUT2D eigenvalue weighted by Crippen LogP contribution is -2.08. The Morgan fingerprint density at radius 2 is 1.59 bits per heavy atom. The molecule has 0 aliphatic heterocycles. The molecule has 0 spiro atoms. The molecule has 27 heavy (non-hydrogen) atoms. The highest BCUT2D eigenvalue weighted by Crippen LogP contribution is 2.27. The van der Waals surface area contributed by atoms with E-state index in [1.807, 2.05) is 12.1 Å². The van der Waals surface area contributed by atoms with E-state index in [9.17, 15) is 14.0 Å². The summed E-state index contributed by atoms with van der Waals surface area (Å²) in [5.41, 5.74) is 2.64. The first-order valence-electron chi connectivity index (χ1n) is 8.37. The number of halogens is 1. The highest BCUT2D eigenvalue weighted by molar-refractivity contribution is 5.89. The number of hydrogen-bond acceptors (Lipinski definition) is 4. The standard InChI is InChI=1S/C22H21FO4/c1-14(2)21(24)26-12-11-16-5-7-17(8-6-16)19-10-9-18(13-20(19)23)27-22(25)15(3)4/h5-10,13H,1,3,11-12H2,2,4H3. The normalized spacial score (nSPS) is 10.2. The molecule has 2 aromatic rings. The molecule has 4 nitrogen and oxygen atoms in total. The zero-order valence-corrected chi connectivity index (χ0v) is 15.4. The summed E-state index contributed by atoms with van der Waals surface area (Å²) < 4.78 is 24.5. The first kappa shape index (κ1) is 20.1. The monoisotopic (exact) mass is 368 g/mol. The van der Waals surface area contributed by atoms with Gasteiger partial charge in [0.2, 0.25) is 0 Å². The van der Waals surface area contributed by atoms with Crippen molar-refractivity contribution in [3.63, 3.8) is 0 Å². The number of esters is 2. The largest absolute Gasteiger partial charge is 0.462 e. The Balaban J connectivity index is 2.04. The Labute approximate surface area is 157 Å². The topological polar surface area (TPSA) is 52.6 Å². The van der Waals surface area contributed by atoms with Crippen LogP contribution in [0.3, 0.4) is 0 Å². The summed E-state index contributed by atoms with van der Waals surface area (Å²) in [7, 11) is 0. The fourth-order valence-electron chi connectivity index (χ4n) is 2.22. The quantitative estimate of drug-likeness (QED) is 0.406. The molecule has 0 radical (unpaired) electrons. The second kappa shape index (κ2) is 8.94. The zero-order chi connectivity index (χ0) is 20.0. The van der Waals surface area contributed by atoms with Gasteiger partial charge in [-0.3, -0.25) is 0 Å². The molecule has 0 aliphatic rings. The highest BCUT2D eigenvalue weighted by atomic mass is 19.1. The number of carbonyl (C=O) groups is 2. The van der Waals surface area contributed by atoms with Crippen LogP contribution < -0.4 is 4.74 Å². The molecule has 0 unspecified atom stereocenters. The summed E-state index contributed by atoms with van der Waals surface area (Å²) in [6, 6.07) is 11.5. The van der Waals surface area contributed by atoms with Gasteiger partial charge in [0, 0.05) is 29.2 Å². The molecule has 0 aromatic heterocycles. The molecular weight excluding hydrogens is 347 g/mol. The van der Waals surface area contributed by atoms with Gasteiger partial charge < -0.3 is 9.47 Å². The van der Waals surface area contributed by atoms with Crippen LogP contribution in [-0.4, -0.2) is 18.5 Å². The minimum atomic E-state index is -0.598. The van der Waals surface area contributed by atoms with Gasteiger partial charge >= 0.3 is 11.9 Å². The summed E-state index contributed by atoms with van der Waals surface area (Å²) in [5.74, 6) is -1.38. The molecule has 0 fully saturated rings. The second-order valence-electron chi connectivity index (χ2n) is 6.17. The minimum absolute atomic E-state index is 0.125. The van der Waals surface area contributed by atoms with Crippen LogP contribution >= 0.6 is 0 Å². The van der Waals surface area contributed by atoms with E-state index in [2.05, 4.69) is 13.2 Å². The maximum atomic E-state index is 14.4. The average Bonchev–Trinajstić information content (AvgIpc) is 2.62. The molecule has 0 aliphatic carbocycles. The van der Waals surface area contributed by atoms with Gasteiger partial charge in [0.1, 0.15) is 11.6 Å². The van der Waals surface area contributed by atoms with Crippen LogP contribution in [0.1, 0.15) is 19.4 Å². The van der Waals surface area contributed by atoms with Crippen LogP contribution in [0, 0.1) is 5.82 Å². The highest BCUT2D eigenvalue weighted by Gasteiger charge is 2.10. The van der Waals surface area contributed by atoms with Gasteiger partial charge in [0.15, 0.2) is 0 Å². The van der Waals surface area contributed by atoms with Crippen molar-refractivity contribution in [2.45, 2.75) is 20.3 Å². The maximum absolute atomic E-state index is 14.4. The van der Waals surface area contributed by atoms with Crippen molar-refractivity contribution in [1.29, 1.82) is 0 Å². The van der Waals surface area contributed by atoms with Crippen molar-refractivity contribution >= 4 is 11.9 Å². The predicted molar refractivity (Wildman–Crippen MR) is 102 cm³/mol. The van der Waals surface area contributed by atoms with E-state index in [0.717, 1.165) is 5.56 Å². The Hall–Kier alpha value is -3.21. The van der Waals surface area contributed by atoms with Gasteiger partial charge in [0.25, 0.3) is 0 Å². The van der Waals surface area contributed by atoms with Crippen molar-refractivity contribution in [1.82, 2.24) is 0 Å². The Kier molecular flexibility index (Phi) is 6.66. The van der Waals surface area contributed by atoms with Crippen LogP contribution in [0.25, 0.3) is 11.1 Å². The maximum Gasteiger partial charge on any atom is 0.338 e. The van der Waals surface area contributed by atoms with E-state index >= 15 is 0 Å². The summed E-state index contributed by atoms with van der Waals surface area (Å²) in [5, 5.41) is 0. The number of ether oxygens (including phenoxy) is 2. The summed E-state index contributed by atoms with van der Waals surface area (Å²) in [6.07, 6.45) is 0.553. The van der Waals surface area contributed by atoms with E-state index in [0.29, 0.717) is 23.1 Å². The van der Waals surface area contributed by atoms with Gasteiger partial charge in [-0.05, 0) is 37.1 Å². The fourth-order valence-corrected chi connectivity index (χ4v) is 2.22. The van der Waals surface area contributed by atoms with Crippen LogP contribution in [0.15, 0.2) is 66.8 Å². The van der Waals surface area contributed by atoms with Gasteiger partial charge in [0.05, 0.1) is 6.61 Å². The zero-order valence-electron chi connectivity index (χ0n) is 15.4. The van der Waals surface area contributed by atoms with Crippen LogP contribution in [0.5, 0.6) is 5.75 Å². The van der Waals surface area contributed by atoms with Crippen LogP contribution in [0.4, 0.5) is 4.39 Å². The Morgan fingerprint density at radius 1 is 0.963 bits per heavy atom. The van der Waals surface area contributed by atoms with E-state index in [-0.39, 0.29) is 17.9 Å². The molecule has 140 valence electrons. The van der Waals surface area contributed by atoms with Crippen LogP contribution in [0.2, 0.25) is 0 Å². The smallest absolute Gasteiger partial charge is 0.338 e. The van der Waals surface area contributed by atoms with Gasteiger partial charge in [-0.1, -0.05) is 37.4 Å². The van der Waals surface area contributed by atoms with Crippen molar-refractivity contribution in [3.05, 3.63) is 78.1 Å². The number of carbonyl (C=O) groups excluding carboxylic acids is 2. The molecular formula is C22H21FO4. The summed E-state index contributed by atoms with van der Waals surface area (Å²) in [6.45, 7) is 10.4. The molecule has 5 heteroatoms. The second-order valence-corrected chi connectivity index (χ2v) is 6.17. The lowest BCUT2D eigenvalue weighted by Gasteiger charge is -2.09. The summed E-state index contributed by atoms with van der Waals surface area (Å²) in [4.78, 5) is 22.8. The molecule has 0 N–H and O–H groups in total. The first-order chi connectivity index (χ1) is 12.8. The number of benzene rings is 2. The van der Waals surface area contributed by atoms with Crippen molar-refractivity contribution in [3.8, 4) is 16.9 Å². The third-order valence-corrected chi connectivity index (χ3v) is 3.74. The van der Waals surface area contributed by atoms with E-state index in [4.69, 9.17) is 9.47 Å². The molecule has 0 bridgehead atoms. The lowest BCUT2D eigenvalue weighted by molar-refractivity contribution is -0.138.